The Balaban J connectivity index is 2.27. The van der Waals surface area contributed by atoms with Gasteiger partial charge in [0.2, 0.25) is 0 Å². The van der Waals surface area contributed by atoms with E-state index < -0.39 is 5.76 Å². The van der Waals surface area contributed by atoms with Gasteiger partial charge < -0.3 is 14.6 Å². The molecule has 1 unspecified atom stereocenters. The minimum atomic E-state index is -2.35. The number of nitrogens with zero attached hydrogens (tertiary/aromatic N) is 1. The van der Waals surface area contributed by atoms with Crippen molar-refractivity contribution in [1.29, 1.82) is 0 Å². The van der Waals surface area contributed by atoms with Crippen LogP contribution in [0.25, 0.3) is 0 Å². The number of likely N-dealkylation sites (N-methyl/N-ethyl adjacent to an activating group) is 1. The predicted octanol–water partition coefficient (Wildman–Crippen LogP) is 2.78. The van der Waals surface area contributed by atoms with Crippen LogP contribution in [0.4, 0.5) is 8.78 Å². The molecule has 0 saturated carbocycles. The Morgan fingerprint density at radius 3 is 2.61 bits per heavy atom. The van der Waals surface area contributed by atoms with Gasteiger partial charge in [0.25, 0.3) is 5.76 Å². The van der Waals surface area contributed by atoms with Gasteiger partial charge in [-0.2, -0.15) is 8.78 Å². The van der Waals surface area contributed by atoms with Gasteiger partial charge in [0.1, 0.15) is 11.5 Å². The van der Waals surface area contributed by atoms with Crippen LogP contribution < -0.4 is 5.32 Å². The first-order chi connectivity index (χ1) is 8.49. The first-order valence-electron chi connectivity index (χ1n) is 5.83. The number of furan rings is 1. The van der Waals surface area contributed by atoms with Crippen LogP contribution >= 0.6 is 11.8 Å². The number of nitrogens with one attached hydrogen (secondary N) is 1. The molecule has 0 aliphatic rings. The summed E-state index contributed by atoms with van der Waals surface area (Å²) in [5, 5.41) is 3.27. The highest BCUT2D eigenvalue weighted by atomic mass is 32.2. The van der Waals surface area contributed by atoms with E-state index in [4.69, 9.17) is 4.42 Å². The maximum absolute atomic E-state index is 12.0. The molecule has 0 aromatic carbocycles. The Kier molecular flexibility index (Phi) is 6.67. The van der Waals surface area contributed by atoms with Crippen molar-refractivity contribution in [2.45, 2.75) is 31.0 Å². The van der Waals surface area contributed by atoms with Crippen LogP contribution in [0.3, 0.4) is 0 Å². The monoisotopic (exact) mass is 278 g/mol. The van der Waals surface area contributed by atoms with E-state index in [9.17, 15) is 8.78 Å². The molecule has 18 heavy (non-hydrogen) atoms. The Morgan fingerprint density at radius 2 is 2.00 bits per heavy atom. The van der Waals surface area contributed by atoms with E-state index in [0.29, 0.717) is 30.1 Å². The summed E-state index contributed by atoms with van der Waals surface area (Å²) in [7, 11) is 4.05. The van der Waals surface area contributed by atoms with Crippen LogP contribution in [0.15, 0.2) is 16.5 Å². The molecule has 0 radical (unpaired) electrons. The minimum absolute atomic E-state index is 0.214. The summed E-state index contributed by atoms with van der Waals surface area (Å²) < 4.78 is 29.4. The summed E-state index contributed by atoms with van der Waals surface area (Å²) in [6, 6.07) is 4.02. The van der Waals surface area contributed by atoms with Crippen molar-refractivity contribution in [3.05, 3.63) is 23.7 Å². The lowest BCUT2D eigenvalue weighted by atomic mass is 10.3. The summed E-state index contributed by atoms with van der Waals surface area (Å²) >= 11 is 0.576. The average Bonchev–Trinajstić information content (AvgIpc) is 2.74. The average molecular weight is 278 g/mol. The van der Waals surface area contributed by atoms with E-state index in [-0.39, 0.29) is 5.75 Å². The summed E-state index contributed by atoms with van der Waals surface area (Å²) in [6.07, 6.45) is 0. The van der Waals surface area contributed by atoms with Gasteiger partial charge in [-0.05, 0) is 33.2 Å². The number of rotatable bonds is 8. The third-order valence-electron chi connectivity index (χ3n) is 2.69. The van der Waals surface area contributed by atoms with Gasteiger partial charge in [0.15, 0.2) is 0 Å². The molecule has 1 heterocycles. The first-order valence-corrected chi connectivity index (χ1v) is 6.88. The summed E-state index contributed by atoms with van der Waals surface area (Å²) in [5.74, 6) is -0.757. The number of alkyl halides is 2. The largest absolute Gasteiger partial charge is 0.464 e. The molecule has 0 saturated heterocycles. The summed E-state index contributed by atoms with van der Waals surface area (Å²) in [6.45, 7) is 3.60. The normalized spacial score (nSPS) is 13.5. The van der Waals surface area contributed by atoms with Gasteiger partial charge in [-0.3, -0.25) is 0 Å². The number of hydrogen-bond acceptors (Lipinski definition) is 4. The van der Waals surface area contributed by atoms with E-state index in [2.05, 4.69) is 17.1 Å². The molecule has 1 atom stereocenters. The van der Waals surface area contributed by atoms with Gasteiger partial charge in [-0.15, -0.1) is 0 Å². The van der Waals surface area contributed by atoms with E-state index in [1.54, 1.807) is 6.07 Å². The van der Waals surface area contributed by atoms with Crippen molar-refractivity contribution in [2.75, 3.05) is 20.6 Å². The van der Waals surface area contributed by atoms with Crippen molar-refractivity contribution < 1.29 is 13.2 Å². The Labute approximate surface area is 111 Å². The summed E-state index contributed by atoms with van der Waals surface area (Å²) in [5.41, 5.74) is 0. The SMILES string of the molecule is CC(CNCc1ccc(CSC(F)F)o1)N(C)C. The molecule has 0 amide bonds. The molecular formula is C12H20F2N2OS. The van der Waals surface area contributed by atoms with Gasteiger partial charge in [0, 0.05) is 12.6 Å². The zero-order valence-electron chi connectivity index (χ0n) is 11.0. The Hall–Kier alpha value is -0.590. The molecular weight excluding hydrogens is 258 g/mol. The molecule has 1 rings (SSSR count). The Bertz CT molecular complexity index is 345. The fraction of sp³-hybridized carbons (Fsp3) is 0.667. The zero-order valence-corrected chi connectivity index (χ0v) is 11.8. The number of thioether (sulfide) groups is 1. The highest BCUT2D eigenvalue weighted by Crippen LogP contribution is 2.21. The van der Waals surface area contributed by atoms with E-state index in [1.165, 1.54) is 0 Å². The van der Waals surface area contributed by atoms with Gasteiger partial charge in [0.05, 0.1) is 12.3 Å². The number of hydrogen-bond donors (Lipinski definition) is 1. The lowest BCUT2D eigenvalue weighted by molar-refractivity contribution is 0.251. The lowest BCUT2D eigenvalue weighted by Gasteiger charge is -2.19. The van der Waals surface area contributed by atoms with E-state index in [1.807, 2.05) is 20.2 Å². The molecule has 1 aromatic rings. The second kappa shape index (κ2) is 7.76. The zero-order chi connectivity index (χ0) is 13.5. The van der Waals surface area contributed by atoms with Crippen LogP contribution in [-0.2, 0) is 12.3 Å². The second-order valence-electron chi connectivity index (χ2n) is 4.38. The minimum Gasteiger partial charge on any atom is -0.464 e. The highest BCUT2D eigenvalue weighted by Gasteiger charge is 2.08. The smallest absolute Gasteiger partial charge is 0.284 e. The molecule has 0 spiro atoms. The fourth-order valence-corrected chi connectivity index (χ4v) is 1.77. The molecule has 104 valence electrons. The third kappa shape index (κ3) is 5.84. The Morgan fingerprint density at radius 1 is 1.33 bits per heavy atom. The van der Waals surface area contributed by atoms with E-state index in [0.717, 1.165) is 12.3 Å². The fourth-order valence-electron chi connectivity index (χ4n) is 1.33. The van der Waals surface area contributed by atoms with Crippen LogP contribution in [-0.4, -0.2) is 37.3 Å². The standard InChI is InChI=1S/C12H20F2N2OS/c1-9(16(2)3)6-15-7-10-4-5-11(17-10)8-18-12(13)14/h4-5,9,12,15H,6-8H2,1-3H3. The highest BCUT2D eigenvalue weighted by molar-refractivity contribution is 7.98. The number of halogens is 2. The molecule has 0 aliphatic heterocycles. The topological polar surface area (TPSA) is 28.4 Å². The van der Waals surface area contributed by atoms with Crippen molar-refractivity contribution in [1.82, 2.24) is 10.2 Å². The molecule has 0 fully saturated rings. The molecule has 1 N–H and O–H groups in total. The van der Waals surface area contributed by atoms with Crippen molar-refractivity contribution in [3.63, 3.8) is 0 Å². The van der Waals surface area contributed by atoms with Crippen LogP contribution in [0.2, 0.25) is 0 Å². The van der Waals surface area contributed by atoms with Crippen LogP contribution in [0, 0.1) is 0 Å². The lowest BCUT2D eigenvalue weighted by Crippen LogP contribution is -2.35. The first kappa shape index (κ1) is 15.5. The molecule has 0 aliphatic carbocycles. The van der Waals surface area contributed by atoms with Crippen molar-refractivity contribution in [3.8, 4) is 0 Å². The summed E-state index contributed by atoms with van der Waals surface area (Å²) in [4.78, 5) is 2.12. The van der Waals surface area contributed by atoms with Crippen molar-refractivity contribution >= 4 is 11.8 Å². The van der Waals surface area contributed by atoms with Crippen LogP contribution in [0.1, 0.15) is 18.4 Å². The molecule has 3 nitrogen and oxygen atoms in total. The van der Waals surface area contributed by atoms with Crippen molar-refractivity contribution in [2.24, 2.45) is 0 Å². The maximum atomic E-state index is 12.0. The molecule has 1 aromatic heterocycles. The van der Waals surface area contributed by atoms with Gasteiger partial charge in [-0.25, -0.2) is 0 Å². The molecule has 0 bridgehead atoms. The second-order valence-corrected chi connectivity index (χ2v) is 5.36. The van der Waals surface area contributed by atoms with Gasteiger partial charge in [-0.1, -0.05) is 11.8 Å². The molecule has 6 heteroatoms. The van der Waals surface area contributed by atoms with Gasteiger partial charge >= 0.3 is 0 Å². The maximum Gasteiger partial charge on any atom is 0.284 e. The predicted molar refractivity (Wildman–Crippen MR) is 70.9 cm³/mol. The van der Waals surface area contributed by atoms with Crippen LogP contribution in [0.5, 0.6) is 0 Å². The van der Waals surface area contributed by atoms with E-state index >= 15 is 0 Å². The quantitative estimate of drug-likeness (QED) is 0.791. The third-order valence-corrected chi connectivity index (χ3v) is 3.39.